The third kappa shape index (κ3) is 10.5. The first-order valence-electron chi connectivity index (χ1n) is 8.38. The molecule has 2 aliphatic rings. The Morgan fingerprint density at radius 2 is 1.88 bits per heavy atom. The van der Waals surface area contributed by atoms with Crippen LogP contribution >= 0.6 is 0 Å². The highest BCUT2D eigenvalue weighted by molar-refractivity contribution is 5.73. The molecule has 7 heteroatoms. The quantitative estimate of drug-likeness (QED) is 0.704. The molecule has 0 amide bonds. The number of carboxylic acid groups (broad SMARTS) is 1. The number of aliphatic hydroxyl groups excluding tert-OH is 1. The van der Waals surface area contributed by atoms with E-state index in [2.05, 4.69) is 5.32 Å². The van der Waals surface area contributed by atoms with Crippen LogP contribution in [0.4, 0.5) is 0 Å². The fourth-order valence-electron chi connectivity index (χ4n) is 2.17. The summed E-state index contributed by atoms with van der Waals surface area (Å²) in [6, 6.07) is 9.06. The van der Waals surface area contributed by atoms with Crippen molar-refractivity contribution < 1.29 is 29.3 Å². The third-order valence-corrected chi connectivity index (χ3v) is 3.52. The molecule has 0 bridgehead atoms. The summed E-state index contributed by atoms with van der Waals surface area (Å²) in [7, 11) is 0. The van der Waals surface area contributed by atoms with Gasteiger partial charge in [0, 0.05) is 33.1 Å². The summed E-state index contributed by atoms with van der Waals surface area (Å²) in [6.07, 6.45) is 2.40. The topological polar surface area (TPSA) is 105 Å². The second-order valence-corrected chi connectivity index (χ2v) is 5.77. The van der Waals surface area contributed by atoms with Crippen molar-refractivity contribution >= 4 is 11.9 Å². The van der Waals surface area contributed by atoms with E-state index < -0.39 is 18.1 Å². The lowest BCUT2D eigenvalue weighted by molar-refractivity contribution is -0.142. The highest BCUT2D eigenvalue weighted by Crippen LogP contribution is 2.05. The average molecular weight is 353 g/mol. The Bertz CT molecular complexity index is 496. The standard InChI is InChI=1S/C9H10O2.C5H9NO3.C4H8O/c1-8(10)11-7-9-5-3-2-4-6-9;7-3-1-4(5(8)9)6-2-3;1-2-4-5-3-1/h2-6H,7H2,1H3;3-4,6-7H,1-2H2,(H,8,9);1-4H2/t;3-,4+;/m.1./s1. The van der Waals surface area contributed by atoms with Crippen LogP contribution < -0.4 is 5.32 Å². The first-order valence-corrected chi connectivity index (χ1v) is 8.38. The first kappa shape index (κ1) is 21.1. The van der Waals surface area contributed by atoms with Gasteiger partial charge in [0.1, 0.15) is 12.6 Å². The molecule has 25 heavy (non-hydrogen) atoms. The Morgan fingerprint density at radius 3 is 2.24 bits per heavy atom. The summed E-state index contributed by atoms with van der Waals surface area (Å²) in [5.74, 6) is -1.12. The van der Waals surface area contributed by atoms with Crippen LogP contribution in [0.3, 0.4) is 0 Å². The zero-order valence-electron chi connectivity index (χ0n) is 14.5. The monoisotopic (exact) mass is 353 g/mol. The van der Waals surface area contributed by atoms with Gasteiger partial charge in [-0.05, 0) is 18.4 Å². The lowest BCUT2D eigenvalue weighted by Crippen LogP contribution is -2.29. The number of carbonyl (C=O) groups is 2. The predicted molar refractivity (Wildman–Crippen MR) is 92.0 cm³/mol. The Balaban J connectivity index is 0.000000200. The Hall–Kier alpha value is -1.96. The lowest BCUT2D eigenvalue weighted by atomic mass is 10.2. The highest BCUT2D eigenvalue weighted by atomic mass is 16.5. The molecule has 1 aromatic rings. The molecule has 2 atom stereocenters. The van der Waals surface area contributed by atoms with Gasteiger partial charge in [-0.3, -0.25) is 9.59 Å². The molecular formula is C18H27NO6. The van der Waals surface area contributed by atoms with Gasteiger partial charge in [0.05, 0.1) is 6.10 Å². The highest BCUT2D eigenvalue weighted by Gasteiger charge is 2.27. The van der Waals surface area contributed by atoms with Gasteiger partial charge in [0.2, 0.25) is 0 Å². The zero-order valence-corrected chi connectivity index (χ0v) is 14.5. The molecule has 0 spiro atoms. The van der Waals surface area contributed by atoms with Crippen molar-refractivity contribution in [2.24, 2.45) is 0 Å². The molecule has 7 nitrogen and oxygen atoms in total. The van der Waals surface area contributed by atoms with Crippen LogP contribution in [0.5, 0.6) is 0 Å². The van der Waals surface area contributed by atoms with E-state index in [1.807, 2.05) is 30.3 Å². The van der Waals surface area contributed by atoms with Gasteiger partial charge >= 0.3 is 11.9 Å². The van der Waals surface area contributed by atoms with Crippen LogP contribution in [0.2, 0.25) is 0 Å². The van der Waals surface area contributed by atoms with Crippen molar-refractivity contribution in [3.05, 3.63) is 35.9 Å². The summed E-state index contributed by atoms with van der Waals surface area (Å²) in [4.78, 5) is 20.6. The van der Waals surface area contributed by atoms with Gasteiger partial charge in [-0.25, -0.2) is 0 Å². The molecule has 0 aromatic heterocycles. The van der Waals surface area contributed by atoms with E-state index in [4.69, 9.17) is 19.7 Å². The molecule has 0 aliphatic carbocycles. The molecule has 3 rings (SSSR count). The van der Waals surface area contributed by atoms with E-state index in [1.165, 1.54) is 19.8 Å². The van der Waals surface area contributed by atoms with Gasteiger partial charge in [-0.15, -0.1) is 0 Å². The number of aliphatic carboxylic acids is 1. The fraction of sp³-hybridized carbons (Fsp3) is 0.556. The van der Waals surface area contributed by atoms with Gasteiger partial charge in [0.25, 0.3) is 0 Å². The minimum atomic E-state index is -0.883. The van der Waals surface area contributed by atoms with Crippen LogP contribution in [0.1, 0.15) is 31.7 Å². The van der Waals surface area contributed by atoms with E-state index in [0.29, 0.717) is 19.6 Å². The number of benzene rings is 1. The Labute approximate surface area is 147 Å². The second-order valence-electron chi connectivity index (χ2n) is 5.77. The largest absolute Gasteiger partial charge is 0.480 e. The van der Waals surface area contributed by atoms with Crippen LogP contribution in [0.25, 0.3) is 0 Å². The van der Waals surface area contributed by atoms with E-state index in [1.54, 1.807) is 0 Å². The number of rotatable bonds is 3. The number of aliphatic hydroxyl groups is 1. The van der Waals surface area contributed by atoms with Crippen LogP contribution in [-0.4, -0.2) is 54.1 Å². The first-order chi connectivity index (χ1) is 12.0. The normalized spacial score (nSPS) is 21.4. The number of hydrogen-bond donors (Lipinski definition) is 3. The number of ether oxygens (including phenoxy) is 2. The maximum Gasteiger partial charge on any atom is 0.320 e. The fourth-order valence-corrected chi connectivity index (χ4v) is 2.17. The summed E-state index contributed by atoms with van der Waals surface area (Å²) in [6.45, 7) is 4.18. The number of carbonyl (C=O) groups excluding carboxylic acids is 1. The van der Waals surface area contributed by atoms with E-state index in [9.17, 15) is 9.59 Å². The molecule has 2 fully saturated rings. The molecule has 0 saturated carbocycles. The maximum atomic E-state index is 10.4. The van der Waals surface area contributed by atoms with E-state index in [0.717, 1.165) is 18.8 Å². The number of carboxylic acids is 1. The van der Waals surface area contributed by atoms with E-state index in [-0.39, 0.29) is 5.97 Å². The summed E-state index contributed by atoms with van der Waals surface area (Å²) < 4.78 is 9.73. The molecular weight excluding hydrogens is 326 g/mol. The smallest absolute Gasteiger partial charge is 0.320 e. The molecule has 2 aliphatic heterocycles. The van der Waals surface area contributed by atoms with Gasteiger partial charge in [-0.1, -0.05) is 30.3 Å². The number of nitrogens with one attached hydrogen (secondary N) is 1. The Morgan fingerprint density at radius 1 is 1.24 bits per heavy atom. The number of esters is 1. The predicted octanol–water partition coefficient (Wildman–Crippen LogP) is 1.34. The van der Waals surface area contributed by atoms with Gasteiger partial charge < -0.3 is 25.0 Å². The van der Waals surface area contributed by atoms with Crippen molar-refractivity contribution in [3.63, 3.8) is 0 Å². The molecule has 2 heterocycles. The van der Waals surface area contributed by atoms with Crippen molar-refractivity contribution in [2.75, 3.05) is 19.8 Å². The minimum Gasteiger partial charge on any atom is -0.480 e. The third-order valence-electron chi connectivity index (χ3n) is 3.52. The van der Waals surface area contributed by atoms with Crippen molar-refractivity contribution in [3.8, 4) is 0 Å². The molecule has 2 saturated heterocycles. The second kappa shape index (κ2) is 12.4. The maximum absolute atomic E-state index is 10.4. The molecule has 0 unspecified atom stereocenters. The molecule has 0 radical (unpaired) electrons. The molecule has 140 valence electrons. The average Bonchev–Trinajstić information content (AvgIpc) is 3.29. The van der Waals surface area contributed by atoms with Crippen molar-refractivity contribution in [2.45, 2.75) is 44.9 Å². The number of hydrogen-bond acceptors (Lipinski definition) is 6. The van der Waals surface area contributed by atoms with Crippen LogP contribution in [0, 0.1) is 0 Å². The van der Waals surface area contributed by atoms with Gasteiger partial charge in [0.15, 0.2) is 0 Å². The SMILES string of the molecule is C1CCOC1.CC(=O)OCc1ccccc1.O=C(O)[C@@H]1C[C@@H](O)CN1. The van der Waals surface area contributed by atoms with Crippen molar-refractivity contribution in [1.29, 1.82) is 0 Å². The minimum absolute atomic E-state index is 0.242. The Kier molecular flexibility index (Phi) is 10.5. The summed E-state index contributed by atoms with van der Waals surface area (Å²) >= 11 is 0. The summed E-state index contributed by atoms with van der Waals surface area (Å²) in [5.41, 5.74) is 1.02. The zero-order chi connectivity index (χ0) is 18.5. The van der Waals surface area contributed by atoms with Crippen molar-refractivity contribution in [1.82, 2.24) is 5.32 Å². The van der Waals surface area contributed by atoms with E-state index >= 15 is 0 Å². The van der Waals surface area contributed by atoms with Gasteiger partial charge in [-0.2, -0.15) is 0 Å². The molecule has 3 N–H and O–H groups in total. The lowest BCUT2D eigenvalue weighted by Gasteiger charge is -1.99. The summed E-state index contributed by atoms with van der Waals surface area (Å²) in [5, 5.41) is 19.8. The number of β-amino-alcohol motifs (C(OH)–C–C–N with tert-alkyl or cyclic N) is 1. The van der Waals surface area contributed by atoms with Crippen LogP contribution in [0.15, 0.2) is 30.3 Å². The van der Waals surface area contributed by atoms with Crippen LogP contribution in [-0.2, 0) is 25.7 Å². The molecule has 1 aromatic carbocycles.